The molecule has 0 fully saturated rings. The molecule has 1 aromatic carbocycles. The Morgan fingerprint density at radius 2 is 2.19 bits per heavy atom. The van der Waals surface area contributed by atoms with E-state index in [1.807, 2.05) is 0 Å². The fourth-order valence-corrected chi connectivity index (χ4v) is 1.90. The molecule has 0 atom stereocenters. The average Bonchev–Trinajstić information content (AvgIpc) is 2.56. The molecule has 1 heterocycles. The molecule has 1 aromatic rings. The minimum atomic E-state index is -3.43. The Morgan fingerprint density at radius 1 is 1.44 bits per heavy atom. The van der Waals surface area contributed by atoms with E-state index < -0.39 is 10.1 Å². The summed E-state index contributed by atoms with van der Waals surface area (Å²) in [5, 5.41) is 2.69. The molecule has 0 aromatic heterocycles. The maximum atomic E-state index is 11.3. The van der Waals surface area contributed by atoms with Crippen molar-refractivity contribution in [2.45, 2.75) is 13.2 Å². The topological polar surface area (TPSA) is 72.5 Å². The molecule has 0 saturated carbocycles. The van der Waals surface area contributed by atoms with Crippen LogP contribution in [0.25, 0.3) is 0 Å². The van der Waals surface area contributed by atoms with E-state index in [2.05, 4.69) is 9.50 Å². The van der Waals surface area contributed by atoms with E-state index >= 15 is 0 Å². The number of hydrogen-bond acceptors (Lipinski definition) is 4. The third kappa shape index (κ3) is 2.40. The van der Waals surface area contributed by atoms with Crippen LogP contribution in [0.1, 0.15) is 21.5 Å². The van der Waals surface area contributed by atoms with Gasteiger partial charge in [-0.3, -0.25) is 8.98 Å². The molecule has 2 rings (SSSR count). The summed E-state index contributed by atoms with van der Waals surface area (Å²) in [5.74, 6) is -0.0921. The van der Waals surface area contributed by atoms with E-state index in [0.29, 0.717) is 12.1 Å². The average molecular weight is 241 g/mol. The quantitative estimate of drug-likeness (QED) is 0.778. The lowest BCUT2D eigenvalue weighted by atomic mass is 10.1. The van der Waals surface area contributed by atoms with Crippen molar-refractivity contribution in [2.75, 3.05) is 6.26 Å². The first-order chi connectivity index (χ1) is 7.46. The summed E-state index contributed by atoms with van der Waals surface area (Å²) < 4.78 is 26.3. The van der Waals surface area contributed by atoms with Crippen molar-refractivity contribution < 1.29 is 17.4 Å². The van der Waals surface area contributed by atoms with Crippen LogP contribution >= 0.6 is 0 Å². The van der Waals surface area contributed by atoms with E-state index in [0.717, 1.165) is 17.4 Å². The van der Waals surface area contributed by atoms with Gasteiger partial charge in [0, 0.05) is 12.1 Å². The molecular weight excluding hydrogens is 230 g/mol. The number of benzene rings is 1. The van der Waals surface area contributed by atoms with Crippen molar-refractivity contribution >= 4 is 16.0 Å². The van der Waals surface area contributed by atoms with Crippen molar-refractivity contribution in [2.24, 2.45) is 0 Å². The van der Waals surface area contributed by atoms with Crippen LogP contribution < -0.4 is 5.32 Å². The zero-order valence-electron chi connectivity index (χ0n) is 8.69. The third-order valence-electron chi connectivity index (χ3n) is 2.29. The first-order valence-electron chi connectivity index (χ1n) is 4.70. The summed E-state index contributed by atoms with van der Waals surface area (Å²) >= 11 is 0. The second kappa shape index (κ2) is 3.88. The molecular formula is C10H11NO4S. The smallest absolute Gasteiger partial charge is 0.264 e. The predicted octanol–water partition coefficient (Wildman–Crippen LogP) is 0.406. The molecule has 86 valence electrons. The van der Waals surface area contributed by atoms with Crippen LogP contribution in [0.2, 0.25) is 0 Å². The molecule has 0 spiro atoms. The summed E-state index contributed by atoms with van der Waals surface area (Å²) in [6, 6.07) is 5.14. The normalized spacial score (nSPS) is 14.7. The van der Waals surface area contributed by atoms with Crippen LogP contribution in [-0.4, -0.2) is 20.6 Å². The van der Waals surface area contributed by atoms with E-state index in [9.17, 15) is 13.2 Å². The predicted molar refractivity (Wildman–Crippen MR) is 57.2 cm³/mol. The highest BCUT2D eigenvalue weighted by atomic mass is 32.2. The fraction of sp³-hybridized carbons (Fsp3) is 0.300. The minimum absolute atomic E-state index is 0.000301. The lowest BCUT2D eigenvalue weighted by molar-refractivity contribution is 0.0965. The van der Waals surface area contributed by atoms with Crippen LogP contribution in [-0.2, 0) is 27.5 Å². The Bertz CT molecular complexity index is 536. The minimum Gasteiger partial charge on any atom is -0.348 e. The van der Waals surface area contributed by atoms with Gasteiger partial charge in [-0.05, 0) is 17.2 Å². The van der Waals surface area contributed by atoms with Gasteiger partial charge in [-0.2, -0.15) is 8.42 Å². The van der Waals surface area contributed by atoms with Gasteiger partial charge in [0.2, 0.25) is 0 Å². The Hall–Kier alpha value is -1.40. The van der Waals surface area contributed by atoms with E-state index in [1.165, 1.54) is 0 Å². The van der Waals surface area contributed by atoms with Crippen LogP contribution in [0, 0.1) is 0 Å². The number of fused-ring (bicyclic) bond motifs is 1. The number of rotatable bonds is 3. The van der Waals surface area contributed by atoms with Crippen molar-refractivity contribution in [3.63, 3.8) is 0 Å². The number of carbonyl (C=O) groups is 1. The first-order valence-corrected chi connectivity index (χ1v) is 6.52. The maximum Gasteiger partial charge on any atom is 0.264 e. The summed E-state index contributed by atoms with van der Waals surface area (Å²) in [7, 11) is -3.43. The molecule has 0 saturated heterocycles. The standard InChI is InChI=1S/C10H11NO4S/c1-16(13,14)15-6-7-2-3-9-8(4-7)5-11-10(9)12/h2-4H,5-6H2,1H3,(H,11,12). The molecule has 1 N–H and O–H groups in total. The number of amides is 1. The van der Waals surface area contributed by atoms with Gasteiger partial charge in [0.1, 0.15) is 0 Å². The maximum absolute atomic E-state index is 11.3. The molecule has 5 nitrogen and oxygen atoms in total. The van der Waals surface area contributed by atoms with Gasteiger partial charge in [0.05, 0.1) is 12.9 Å². The summed E-state index contributed by atoms with van der Waals surface area (Å²) in [4.78, 5) is 11.3. The van der Waals surface area contributed by atoms with Gasteiger partial charge >= 0.3 is 0 Å². The molecule has 6 heteroatoms. The van der Waals surface area contributed by atoms with Gasteiger partial charge in [0.15, 0.2) is 0 Å². The highest BCUT2D eigenvalue weighted by Crippen LogP contribution is 2.17. The number of carbonyl (C=O) groups excluding carboxylic acids is 1. The van der Waals surface area contributed by atoms with Gasteiger partial charge in [-0.1, -0.05) is 12.1 Å². The van der Waals surface area contributed by atoms with Gasteiger partial charge in [0.25, 0.3) is 16.0 Å². The lowest BCUT2D eigenvalue weighted by Gasteiger charge is -2.03. The fourth-order valence-electron chi connectivity index (χ4n) is 1.55. The summed E-state index contributed by atoms with van der Waals surface area (Å²) in [5.41, 5.74) is 2.25. The number of nitrogens with one attached hydrogen (secondary N) is 1. The number of hydrogen-bond donors (Lipinski definition) is 1. The first kappa shape index (κ1) is 11.1. The lowest BCUT2D eigenvalue weighted by Crippen LogP contribution is -2.12. The molecule has 16 heavy (non-hydrogen) atoms. The second-order valence-corrected chi connectivity index (χ2v) is 5.28. The highest BCUT2D eigenvalue weighted by Gasteiger charge is 2.18. The van der Waals surface area contributed by atoms with E-state index in [-0.39, 0.29) is 12.5 Å². The Labute approximate surface area is 93.5 Å². The molecule has 1 aliphatic rings. The van der Waals surface area contributed by atoms with Crippen molar-refractivity contribution in [3.05, 3.63) is 34.9 Å². The highest BCUT2D eigenvalue weighted by molar-refractivity contribution is 7.85. The molecule has 0 radical (unpaired) electrons. The van der Waals surface area contributed by atoms with Gasteiger partial charge < -0.3 is 5.32 Å². The largest absolute Gasteiger partial charge is 0.348 e. The van der Waals surface area contributed by atoms with Crippen molar-refractivity contribution in [3.8, 4) is 0 Å². The van der Waals surface area contributed by atoms with Crippen LogP contribution in [0.4, 0.5) is 0 Å². The van der Waals surface area contributed by atoms with Crippen LogP contribution in [0.3, 0.4) is 0 Å². The SMILES string of the molecule is CS(=O)(=O)OCc1ccc2c(c1)CNC2=O. The van der Waals surface area contributed by atoms with Gasteiger partial charge in [-0.15, -0.1) is 0 Å². The molecule has 0 unspecified atom stereocenters. The van der Waals surface area contributed by atoms with Crippen molar-refractivity contribution in [1.29, 1.82) is 0 Å². The molecule has 1 aliphatic heterocycles. The zero-order valence-corrected chi connectivity index (χ0v) is 9.50. The Morgan fingerprint density at radius 3 is 2.88 bits per heavy atom. The van der Waals surface area contributed by atoms with Gasteiger partial charge in [-0.25, -0.2) is 0 Å². The van der Waals surface area contributed by atoms with Crippen LogP contribution in [0.15, 0.2) is 18.2 Å². The second-order valence-electron chi connectivity index (χ2n) is 3.64. The van der Waals surface area contributed by atoms with E-state index in [1.54, 1.807) is 18.2 Å². The third-order valence-corrected chi connectivity index (χ3v) is 2.84. The van der Waals surface area contributed by atoms with E-state index in [4.69, 9.17) is 0 Å². The molecule has 0 aliphatic carbocycles. The zero-order chi connectivity index (χ0) is 11.8. The molecule has 0 bridgehead atoms. The van der Waals surface area contributed by atoms with Crippen molar-refractivity contribution in [1.82, 2.24) is 5.32 Å². The monoisotopic (exact) mass is 241 g/mol. The summed E-state index contributed by atoms with van der Waals surface area (Å²) in [6.07, 6.45) is 1.01. The summed E-state index contributed by atoms with van der Waals surface area (Å²) in [6.45, 7) is 0.487. The Kier molecular flexibility index (Phi) is 2.69. The van der Waals surface area contributed by atoms with Crippen LogP contribution in [0.5, 0.6) is 0 Å². The molecule has 1 amide bonds. The Balaban J connectivity index is 2.17.